The van der Waals surface area contributed by atoms with Crippen molar-refractivity contribution in [3.8, 4) is 0 Å². The number of benzene rings is 1. The number of carbonyl (C=O) groups excluding carboxylic acids is 3. The molecule has 0 saturated heterocycles. The summed E-state index contributed by atoms with van der Waals surface area (Å²) >= 11 is 0. The first-order valence-corrected chi connectivity index (χ1v) is 5.76. The van der Waals surface area contributed by atoms with Gasteiger partial charge in [-0.25, -0.2) is 0 Å². The largest absolute Gasteiger partial charge is 0.550 e. The summed E-state index contributed by atoms with van der Waals surface area (Å²) in [5, 5.41) is 20.9. The van der Waals surface area contributed by atoms with Gasteiger partial charge in [-0.15, -0.1) is 0 Å². The number of amides is 2. The number of nitrogens with zero attached hydrogens (tertiary/aromatic N) is 2. The lowest BCUT2D eigenvalue weighted by molar-refractivity contribution is -0.384. The molecule has 0 fully saturated rings. The number of rotatable bonds is 5. The number of fused-ring (bicyclic) bond motifs is 1. The minimum Gasteiger partial charge on any atom is -0.550 e. The van der Waals surface area contributed by atoms with E-state index in [2.05, 4.69) is 0 Å². The fourth-order valence-electron chi connectivity index (χ4n) is 1.98. The highest BCUT2D eigenvalue weighted by molar-refractivity contribution is 6.21. The molecule has 104 valence electrons. The average molecular weight is 277 g/mol. The molecule has 1 heterocycles. The van der Waals surface area contributed by atoms with Crippen LogP contribution in [0.3, 0.4) is 0 Å². The zero-order valence-corrected chi connectivity index (χ0v) is 10.2. The number of carbonyl (C=O) groups is 3. The first-order valence-electron chi connectivity index (χ1n) is 5.76. The van der Waals surface area contributed by atoms with E-state index < -0.39 is 22.7 Å². The Bertz CT molecular complexity index is 624. The van der Waals surface area contributed by atoms with Gasteiger partial charge in [0.1, 0.15) is 0 Å². The molecule has 0 aromatic heterocycles. The zero-order chi connectivity index (χ0) is 14.9. The van der Waals surface area contributed by atoms with Crippen LogP contribution in [0.1, 0.15) is 33.6 Å². The van der Waals surface area contributed by atoms with Crippen molar-refractivity contribution < 1.29 is 24.4 Å². The quantitative estimate of drug-likeness (QED) is 0.414. The first-order chi connectivity index (χ1) is 9.41. The predicted molar refractivity (Wildman–Crippen MR) is 62.7 cm³/mol. The van der Waals surface area contributed by atoms with Crippen LogP contribution in [0.5, 0.6) is 0 Å². The summed E-state index contributed by atoms with van der Waals surface area (Å²) in [5.74, 6) is -2.48. The Kier molecular flexibility index (Phi) is 3.47. The molecular formula is C12H9N2O6-. The SMILES string of the molecule is O=C([O-])CCCN1C(=O)c2ccc([N+](=O)[O-])cc2C1=O. The molecule has 2 rings (SSSR count). The van der Waals surface area contributed by atoms with E-state index in [1.165, 1.54) is 6.07 Å². The molecule has 1 aliphatic heterocycles. The maximum Gasteiger partial charge on any atom is 0.270 e. The van der Waals surface area contributed by atoms with Gasteiger partial charge in [0.2, 0.25) is 0 Å². The summed E-state index contributed by atoms with van der Waals surface area (Å²) in [4.78, 5) is 45.1. The van der Waals surface area contributed by atoms with Crippen molar-refractivity contribution in [1.29, 1.82) is 0 Å². The van der Waals surface area contributed by atoms with Gasteiger partial charge in [0.25, 0.3) is 17.5 Å². The van der Waals surface area contributed by atoms with Crippen LogP contribution in [-0.4, -0.2) is 34.2 Å². The minimum absolute atomic E-state index is 0.0300. The lowest BCUT2D eigenvalue weighted by Crippen LogP contribution is -2.32. The van der Waals surface area contributed by atoms with Gasteiger partial charge in [0.15, 0.2) is 0 Å². The van der Waals surface area contributed by atoms with Crippen molar-refractivity contribution in [2.75, 3.05) is 6.54 Å². The van der Waals surface area contributed by atoms with Crippen LogP contribution in [-0.2, 0) is 4.79 Å². The van der Waals surface area contributed by atoms with Gasteiger partial charge in [-0.05, 0) is 18.9 Å². The third-order valence-corrected chi connectivity index (χ3v) is 2.93. The van der Waals surface area contributed by atoms with Gasteiger partial charge < -0.3 is 9.90 Å². The number of hydrogen-bond acceptors (Lipinski definition) is 6. The van der Waals surface area contributed by atoms with Crippen LogP contribution in [0.2, 0.25) is 0 Å². The normalized spacial score (nSPS) is 13.5. The number of aliphatic carboxylic acids is 1. The number of non-ortho nitro benzene ring substituents is 1. The summed E-state index contributed by atoms with van der Waals surface area (Å²) in [5.41, 5.74) is -0.215. The van der Waals surface area contributed by atoms with Crippen molar-refractivity contribution in [2.45, 2.75) is 12.8 Å². The number of nitro groups is 1. The molecule has 0 aliphatic carbocycles. The van der Waals surface area contributed by atoms with Crippen LogP contribution in [0.25, 0.3) is 0 Å². The minimum atomic E-state index is -1.27. The fraction of sp³-hybridized carbons (Fsp3) is 0.250. The molecule has 0 bridgehead atoms. The molecule has 2 amide bonds. The molecule has 0 N–H and O–H groups in total. The van der Waals surface area contributed by atoms with Crippen LogP contribution >= 0.6 is 0 Å². The van der Waals surface area contributed by atoms with Crippen molar-refractivity contribution >= 4 is 23.5 Å². The Hall–Kier alpha value is -2.77. The van der Waals surface area contributed by atoms with E-state index in [9.17, 15) is 29.6 Å². The number of carboxylic acids is 1. The molecule has 1 aromatic rings. The molecule has 1 aromatic carbocycles. The highest BCUT2D eigenvalue weighted by atomic mass is 16.6. The highest BCUT2D eigenvalue weighted by Crippen LogP contribution is 2.26. The maximum atomic E-state index is 12.0. The van der Waals surface area contributed by atoms with Gasteiger partial charge >= 0.3 is 0 Å². The molecule has 20 heavy (non-hydrogen) atoms. The van der Waals surface area contributed by atoms with Gasteiger partial charge in [0, 0.05) is 24.6 Å². The van der Waals surface area contributed by atoms with Crippen LogP contribution in [0.15, 0.2) is 18.2 Å². The molecule has 0 atom stereocenters. The third-order valence-electron chi connectivity index (χ3n) is 2.93. The molecule has 0 saturated carbocycles. The van der Waals surface area contributed by atoms with Gasteiger partial charge in [-0.2, -0.15) is 0 Å². The van der Waals surface area contributed by atoms with Gasteiger partial charge in [-0.1, -0.05) is 0 Å². The first kappa shape index (κ1) is 13.7. The number of hydrogen-bond donors (Lipinski definition) is 0. The Morgan fingerprint density at radius 3 is 2.45 bits per heavy atom. The second kappa shape index (κ2) is 5.08. The van der Waals surface area contributed by atoms with Gasteiger partial charge in [0.05, 0.1) is 16.1 Å². The zero-order valence-electron chi connectivity index (χ0n) is 10.2. The number of carboxylic acid groups (broad SMARTS) is 1. The Morgan fingerprint density at radius 2 is 1.85 bits per heavy atom. The molecule has 0 radical (unpaired) electrons. The Morgan fingerprint density at radius 1 is 1.20 bits per heavy atom. The smallest absolute Gasteiger partial charge is 0.270 e. The predicted octanol–water partition coefficient (Wildman–Crippen LogP) is -0.279. The Labute approximate surface area is 112 Å². The lowest BCUT2D eigenvalue weighted by Gasteiger charge is -2.13. The Balaban J connectivity index is 2.21. The van der Waals surface area contributed by atoms with E-state index in [0.29, 0.717) is 0 Å². The topological polar surface area (TPSA) is 121 Å². The van der Waals surface area contributed by atoms with Crippen molar-refractivity contribution in [2.24, 2.45) is 0 Å². The number of nitro benzene ring substituents is 1. The average Bonchev–Trinajstić information content (AvgIpc) is 2.63. The second-order valence-corrected chi connectivity index (χ2v) is 4.22. The van der Waals surface area contributed by atoms with E-state index in [0.717, 1.165) is 17.0 Å². The second-order valence-electron chi connectivity index (χ2n) is 4.22. The molecule has 0 spiro atoms. The van der Waals surface area contributed by atoms with E-state index in [-0.39, 0.29) is 36.2 Å². The molecule has 0 unspecified atom stereocenters. The molecular weight excluding hydrogens is 268 g/mol. The van der Waals surface area contributed by atoms with Crippen molar-refractivity contribution in [1.82, 2.24) is 4.90 Å². The van der Waals surface area contributed by atoms with E-state index in [1.807, 2.05) is 0 Å². The van der Waals surface area contributed by atoms with E-state index in [4.69, 9.17) is 0 Å². The maximum absolute atomic E-state index is 12.0. The van der Waals surface area contributed by atoms with E-state index >= 15 is 0 Å². The monoisotopic (exact) mass is 277 g/mol. The highest BCUT2D eigenvalue weighted by Gasteiger charge is 2.36. The summed E-state index contributed by atoms with van der Waals surface area (Å²) in [6.07, 6.45) is -0.191. The summed E-state index contributed by atoms with van der Waals surface area (Å²) in [6.45, 7) is -0.0614. The fourth-order valence-corrected chi connectivity index (χ4v) is 1.98. The summed E-state index contributed by atoms with van der Waals surface area (Å²) in [6, 6.07) is 3.43. The van der Waals surface area contributed by atoms with E-state index in [1.54, 1.807) is 0 Å². The molecule has 1 aliphatic rings. The lowest BCUT2D eigenvalue weighted by atomic mass is 10.1. The van der Waals surface area contributed by atoms with Crippen molar-refractivity contribution in [3.05, 3.63) is 39.4 Å². The molecule has 8 heteroatoms. The third kappa shape index (κ3) is 2.35. The van der Waals surface area contributed by atoms with Gasteiger partial charge in [-0.3, -0.25) is 24.6 Å². The van der Waals surface area contributed by atoms with Crippen LogP contribution in [0, 0.1) is 10.1 Å². The van der Waals surface area contributed by atoms with Crippen LogP contribution < -0.4 is 5.11 Å². The standard InChI is InChI=1S/C12H10N2O6/c15-10(16)2-1-5-13-11(17)8-4-3-7(14(19)20)6-9(8)12(13)18/h3-4,6H,1-2,5H2,(H,15,16)/p-1. The molecule has 8 nitrogen and oxygen atoms in total. The summed E-state index contributed by atoms with van der Waals surface area (Å²) in [7, 11) is 0. The summed E-state index contributed by atoms with van der Waals surface area (Å²) < 4.78 is 0. The van der Waals surface area contributed by atoms with Crippen molar-refractivity contribution in [3.63, 3.8) is 0 Å². The number of imide groups is 1. The van der Waals surface area contributed by atoms with Crippen LogP contribution in [0.4, 0.5) is 5.69 Å².